The summed E-state index contributed by atoms with van der Waals surface area (Å²) in [5, 5.41) is 32.8. The van der Waals surface area contributed by atoms with E-state index in [9.17, 15) is 15.3 Å². The number of rotatable bonds is 0. The van der Waals surface area contributed by atoms with Gasteiger partial charge in [-0.25, -0.2) is 0 Å². The zero-order valence-corrected chi connectivity index (χ0v) is 14.7. The summed E-state index contributed by atoms with van der Waals surface area (Å²) < 4.78 is 19.0. The minimum atomic E-state index is -1.46. The Morgan fingerprint density at radius 3 is 2.00 bits per heavy atom. The number of hydrogen-bond donors (Lipinski definition) is 3. The third kappa shape index (κ3) is 2.38. The van der Waals surface area contributed by atoms with Crippen molar-refractivity contribution in [2.75, 3.05) is 0 Å². The summed E-state index contributed by atoms with van der Waals surface area (Å²) in [6.07, 6.45) is 6.21. The predicted octanol–water partition coefficient (Wildman–Crippen LogP) is 1.39. The quantitative estimate of drug-likeness (QED) is 0.609. The SMILES string of the molecule is O[C@@H]1[C@H]2OC3(CCCCC3)O[C@H]2[C@H]2OC3(CCCCC3)CC2(O)[C@H]1O. The minimum Gasteiger partial charge on any atom is -0.387 e. The molecule has 0 aromatic carbocycles. The maximum Gasteiger partial charge on any atom is 0.169 e. The second-order valence-corrected chi connectivity index (χ2v) is 9.02. The smallest absolute Gasteiger partial charge is 0.169 e. The van der Waals surface area contributed by atoms with Crippen LogP contribution >= 0.6 is 0 Å². The molecule has 2 heterocycles. The first-order chi connectivity index (χ1) is 12.0. The zero-order chi connectivity index (χ0) is 17.3. The van der Waals surface area contributed by atoms with Crippen molar-refractivity contribution < 1.29 is 29.5 Å². The molecule has 6 atom stereocenters. The standard InChI is InChI=1S/C19H30O6/c20-12-13-14(24-18(23-13)9-5-2-6-10-18)16-19(22,15(12)21)11-17(25-16)7-3-1-4-8-17/h12-16,20-22H,1-11H2/t12-,13-,14-,15+,16-,19?/m1/s1. The second-order valence-electron chi connectivity index (χ2n) is 9.02. The molecule has 3 aliphatic carbocycles. The van der Waals surface area contributed by atoms with E-state index in [1.807, 2.05) is 0 Å². The molecule has 2 aliphatic heterocycles. The van der Waals surface area contributed by atoms with Crippen LogP contribution in [0.25, 0.3) is 0 Å². The highest BCUT2D eigenvalue weighted by atomic mass is 16.8. The van der Waals surface area contributed by atoms with Crippen LogP contribution in [0.3, 0.4) is 0 Å². The Balaban J connectivity index is 1.47. The molecule has 1 unspecified atom stereocenters. The van der Waals surface area contributed by atoms with E-state index < -0.39 is 41.9 Å². The number of hydrogen-bond acceptors (Lipinski definition) is 6. The van der Waals surface area contributed by atoms with Gasteiger partial charge in [-0.2, -0.15) is 0 Å². The first kappa shape index (κ1) is 16.9. The van der Waals surface area contributed by atoms with E-state index in [1.165, 1.54) is 12.8 Å². The Bertz CT molecular complexity index is 526. The van der Waals surface area contributed by atoms with Crippen molar-refractivity contribution in [3.8, 4) is 0 Å². The lowest BCUT2D eigenvalue weighted by Gasteiger charge is -2.45. The van der Waals surface area contributed by atoms with Gasteiger partial charge in [-0.1, -0.05) is 25.7 Å². The van der Waals surface area contributed by atoms with Crippen LogP contribution in [-0.4, -0.2) is 62.8 Å². The molecule has 0 aromatic heterocycles. The zero-order valence-electron chi connectivity index (χ0n) is 14.7. The minimum absolute atomic E-state index is 0.377. The number of ether oxygens (including phenoxy) is 3. The molecule has 0 aromatic rings. The largest absolute Gasteiger partial charge is 0.387 e. The van der Waals surface area contributed by atoms with E-state index in [4.69, 9.17) is 14.2 Å². The highest BCUT2D eigenvalue weighted by Crippen LogP contribution is 2.55. The molecule has 0 radical (unpaired) electrons. The van der Waals surface area contributed by atoms with Crippen molar-refractivity contribution in [1.29, 1.82) is 0 Å². The van der Waals surface area contributed by atoms with Gasteiger partial charge in [0.05, 0.1) is 5.60 Å². The number of aliphatic hydroxyl groups excluding tert-OH is 2. The van der Waals surface area contributed by atoms with E-state index in [2.05, 4.69) is 0 Å². The van der Waals surface area contributed by atoms with Crippen LogP contribution in [0.5, 0.6) is 0 Å². The van der Waals surface area contributed by atoms with Crippen molar-refractivity contribution in [3.05, 3.63) is 0 Å². The van der Waals surface area contributed by atoms with E-state index in [0.29, 0.717) is 6.42 Å². The molecule has 25 heavy (non-hydrogen) atoms. The molecular weight excluding hydrogens is 324 g/mol. The molecule has 3 N–H and O–H groups in total. The lowest BCUT2D eigenvalue weighted by atomic mass is 9.70. The third-order valence-electron chi connectivity index (χ3n) is 7.35. The molecule has 3 saturated carbocycles. The second kappa shape index (κ2) is 5.63. The van der Waals surface area contributed by atoms with Crippen LogP contribution in [0.4, 0.5) is 0 Å². The Labute approximate surface area is 148 Å². The van der Waals surface area contributed by atoms with Crippen LogP contribution in [0, 0.1) is 0 Å². The summed E-state index contributed by atoms with van der Waals surface area (Å²) in [7, 11) is 0. The fraction of sp³-hybridized carbons (Fsp3) is 1.00. The fourth-order valence-electron chi connectivity index (χ4n) is 6.10. The normalized spacial score (nSPS) is 50.8. The lowest BCUT2D eigenvalue weighted by molar-refractivity contribution is -0.231. The van der Waals surface area contributed by atoms with Gasteiger partial charge in [-0.05, 0) is 25.7 Å². The molecule has 5 aliphatic rings. The third-order valence-corrected chi connectivity index (χ3v) is 7.35. The Hall–Kier alpha value is -0.240. The van der Waals surface area contributed by atoms with Crippen LogP contribution in [0.1, 0.15) is 70.6 Å². The first-order valence-electron chi connectivity index (χ1n) is 10.1. The number of aliphatic hydroxyl groups is 3. The highest BCUT2D eigenvalue weighted by Gasteiger charge is 2.71. The summed E-state index contributed by atoms with van der Waals surface area (Å²) >= 11 is 0. The summed E-state index contributed by atoms with van der Waals surface area (Å²) in [5.41, 5.74) is -1.85. The molecule has 142 valence electrons. The molecule has 0 bridgehead atoms. The van der Waals surface area contributed by atoms with Crippen LogP contribution in [-0.2, 0) is 14.2 Å². The van der Waals surface area contributed by atoms with Gasteiger partial charge in [-0.15, -0.1) is 0 Å². The predicted molar refractivity (Wildman–Crippen MR) is 87.8 cm³/mol. The molecule has 6 nitrogen and oxygen atoms in total. The topological polar surface area (TPSA) is 88.4 Å². The Morgan fingerprint density at radius 1 is 0.720 bits per heavy atom. The van der Waals surface area contributed by atoms with Gasteiger partial charge < -0.3 is 29.5 Å². The molecule has 5 rings (SSSR count). The molecule has 2 spiro atoms. The van der Waals surface area contributed by atoms with Gasteiger partial charge >= 0.3 is 0 Å². The Morgan fingerprint density at radius 2 is 1.32 bits per heavy atom. The fourth-order valence-corrected chi connectivity index (χ4v) is 6.10. The van der Waals surface area contributed by atoms with E-state index in [1.54, 1.807) is 0 Å². The highest BCUT2D eigenvalue weighted by molar-refractivity contribution is 5.19. The summed E-state index contributed by atoms with van der Waals surface area (Å²) in [5.74, 6) is -0.675. The van der Waals surface area contributed by atoms with Crippen molar-refractivity contribution in [2.24, 2.45) is 0 Å². The van der Waals surface area contributed by atoms with Gasteiger partial charge in [0.1, 0.15) is 36.1 Å². The van der Waals surface area contributed by atoms with Crippen LogP contribution in [0.2, 0.25) is 0 Å². The maximum atomic E-state index is 11.3. The summed E-state index contributed by atoms with van der Waals surface area (Å²) in [6.45, 7) is 0. The molecule has 0 amide bonds. The van der Waals surface area contributed by atoms with Crippen molar-refractivity contribution in [3.63, 3.8) is 0 Å². The van der Waals surface area contributed by atoms with Crippen LogP contribution < -0.4 is 0 Å². The van der Waals surface area contributed by atoms with Crippen molar-refractivity contribution in [1.82, 2.24) is 0 Å². The van der Waals surface area contributed by atoms with Gasteiger partial charge in [-0.3, -0.25) is 0 Å². The average molecular weight is 354 g/mol. The van der Waals surface area contributed by atoms with Gasteiger partial charge in [0, 0.05) is 19.3 Å². The van der Waals surface area contributed by atoms with Gasteiger partial charge in [0.2, 0.25) is 0 Å². The lowest BCUT2D eigenvalue weighted by Crippen LogP contribution is -2.68. The number of fused-ring (bicyclic) bond motifs is 3. The molecule has 5 fully saturated rings. The molecule has 2 saturated heterocycles. The van der Waals surface area contributed by atoms with E-state index in [0.717, 1.165) is 51.4 Å². The first-order valence-corrected chi connectivity index (χ1v) is 10.1. The van der Waals surface area contributed by atoms with Gasteiger partial charge in [0.15, 0.2) is 5.79 Å². The molecular formula is C19H30O6. The van der Waals surface area contributed by atoms with Crippen molar-refractivity contribution >= 4 is 0 Å². The average Bonchev–Trinajstić information content (AvgIpc) is 3.11. The van der Waals surface area contributed by atoms with E-state index in [-0.39, 0.29) is 5.60 Å². The maximum absolute atomic E-state index is 11.3. The van der Waals surface area contributed by atoms with Crippen LogP contribution in [0.15, 0.2) is 0 Å². The molecule has 6 heteroatoms. The summed E-state index contributed by atoms with van der Waals surface area (Å²) in [4.78, 5) is 0. The Kier molecular flexibility index (Phi) is 3.81. The van der Waals surface area contributed by atoms with E-state index >= 15 is 0 Å². The van der Waals surface area contributed by atoms with Gasteiger partial charge in [0.25, 0.3) is 0 Å². The monoisotopic (exact) mass is 354 g/mol. The summed E-state index contributed by atoms with van der Waals surface area (Å²) in [6, 6.07) is 0. The van der Waals surface area contributed by atoms with Crippen molar-refractivity contribution in [2.45, 2.75) is 118 Å².